The molecular formula is C56H104O6. The van der Waals surface area contributed by atoms with E-state index in [9.17, 15) is 14.4 Å². The predicted octanol–water partition coefficient (Wildman–Crippen LogP) is 17.9. The number of rotatable bonds is 50. The van der Waals surface area contributed by atoms with E-state index in [-0.39, 0.29) is 31.1 Å². The summed E-state index contributed by atoms with van der Waals surface area (Å²) >= 11 is 0. The zero-order valence-corrected chi connectivity index (χ0v) is 41.7. The summed E-state index contributed by atoms with van der Waals surface area (Å²) < 4.78 is 16.7. The molecule has 0 fully saturated rings. The molecule has 0 amide bonds. The highest BCUT2D eigenvalue weighted by Crippen LogP contribution is 2.16. The standard InChI is InChI=1S/C56H104O6/c1-4-7-10-13-16-18-20-22-24-25-26-27-28-29-30-31-33-34-36-38-40-43-46-49-55(58)61-52-53(51-60-54(57)48-45-42-15-12-9-6-3)62-56(59)50-47-44-41-39-37-35-32-23-21-19-17-14-11-8-5-2/h23,25-26,32,53H,4-22,24,27-31,33-52H2,1-3H3/b26-25-,32-23-. The molecule has 0 aliphatic rings. The third-order valence-corrected chi connectivity index (χ3v) is 12.2. The molecule has 0 aromatic carbocycles. The van der Waals surface area contributed by atoms with Gasteiger partial charge in [0.1, 0.15) is 13.2 Å². The summed E-state index contributed by atoms with van der Waals surface area (Å²) in [6.45, 7) is 6.60. The molecule has 1 atom stereocenters. The third-order valence-electron chi connectivity index (χ3n) is 12.2. The lowest BCUT2D eigenvalue weighted by molar-refractivity contribution is -0.167. The molecule has 0 N–H and O–H groups in total. The average molecular weight is 873 g/mol. The summed E-state index contributed by atoms with van der Waals surface area (Å²) in [6, 6.07) is 0. The molecule has 0 heterocycles. The second kappa shape index (κ2) is 51.5. The van der Waals surface area contributed by atoms with Gasteiger partial charge in [-0.05, 0) is 70.6 Å². The molecular weight excluding hydrogens is 769 g/mol. The molecule has 0 aliphatic heterocycles. The molecule has 1 unspecified atom stereocenters. The van der Waals surface area contributed by atoms with Crippen molar-refractivity contribution < 1.29 is 28.6 Å². The first-order chi connectivity index (χ1) is 30.5. The van der Waals surface area contributed by atoms with Crippen molar-refractivity contribution in [2.24, 2.45) is 0 Å². The predicted molar refractivity (Wildman–Crippen MR) is 266 cm³/mol. The number of esters is 3. The number of hydrogen-bond donors (Lipinski definition) is 0. The fraction of sp³-hybridized carbons (Fsp3) is 0.875. The molecule has 0 spiro atoms. The molecule has 0 aromatic rings. The lowest BCUT2D eigenvalue weighted by Crippen LogP contribution is -2.30. The molecule has 6 nitrogen and oxygen atoms in total. The normalized spacial score (nSPS) is 12.1. The molecule has 6 heteroatoms. The Balaban J connectivity index is 4.11. The van der Waals surface area contributed by atoms with Crippen molar-refractivity contribution in [3.63, 3.8) is 0 Å². The number of carbonyl (C=O) groups is 3. The number of ether oxygens (including phenoxy) is 3. The molecule has 62 heavy (non-hydrogen) atoms. The van der Waals surface area contributed by atoms with Crippen LogP contribution in [0.3, 0.4) is 0 Å². The van der Waals surface area contributed by atoms with E-state index in [1.807, 2.05) is 0 Å². The Kier molecular flexibility index (Phi) is 49.8. The van der Waals surface area contributed by atoms with Crippen molar-refractivity contribution in [1.82, 2.24) is 0 Å². The van der Waals surface area contributed by atoms with Crippen molar-refractivity contribution in [2.45, 2.75) is 303 Å². The van der Waals surface area contributed by atoms with Gasteiger partial charge in [0.15, 0.2) is 6.10 Å². The van der Waals surface area contributed by atoms with Gasteiger partial charge >= 0.3 is 17.9 Å². The van der Waals surface area contributed by atoms with Gasteiger partial charge in [-0.3, -0.25) is 14.4 Å². The summed E-state index contributed by atoms with van der Waals surface area (Å²) in [7, 11) is 0. The van der Waals surface area contributed by atoms with Gasteiger partial charge in [-0.2, -0.15) is 0 Å². The maximum atomic E-state index is 12.7. The SMILES string of the molecule is CCCCCCCC/C=C\CCCCCCCC(=O)OC(COC(=O)CCCCCCCC)COC(=O)CCCCCCCCCCCCC/C=C\CCCCCCCCCC. The zero-order valence-electron chi connectivity index (χ0n) is 41.7. The van der Waals surface area contributed by atoms with E-state index in [1.54, 1.807) is 0 Å². The van der Waals surface area contributed by atoms with E-state index in [0.29, 0.717) is 19.3 Å². The van der Waals surface area contributed by atoms with Crippen molar-refractivity contribution in [2.75, 3.05) is 13.2 Å². The van der Waals surface area contributed by atoms with Crippen LogP contribution in [0.25, 0.3) is 0 Å². The van der Waals surface area contributed by atoms with Crippen LogP contribution in [0.2, 0.25) is 0 Å². The average Bonchev–Trinajstić information content (AvgIpc) is 3.27. The summed E-state index contributed by atoms with van der Waals surface area (Å²) in [5.41, 5.74) is 0. The van der Waals surface area contributed by atoms with Gasteiger partial charge in [0.25, 0.3) is 0 Å². The van der Waals surface area contributed by atoms with Gasteiger partial charge in [-0.15, -0.1) is 0 Å². The minimum Gasteiger partial charge on any atom is -0.462 e. The lowest BCUT2D eigenvalue weighted by Gasteiger charge is -2.18. The molecule has 0 bridgehead atoms. The number of carbonyl (C=O) groups excluding carboxylic acids is 3. The summed E-state index contributed by atoms with van der Waals surface area (Å²) in [4.78, 5) is 37.8. The van der Waals surface area contributed by atoms with Crippen LogP contribution < -0.4 is 0 Å². The summed E-state index contributed by atoms with van der Waals surface area (Å²) in [5, 5.41) is 0. The number of unbranched alkanes of at least 4 members (excludes halogenated alkanes) is 35. The Bertz CT molecular complexity index is 1000. The minimum absolute atomic E-state index is 0.0721. The van der Waals surface area contributed by atoms with Crippen LogP contribution in [-0.2, 0) is 28.6 Å². The van der Waals surface area contributed by atoms with Gasteiger partial charge in [0.05, 0.1) is 0 Å². The van der Waals surface area contributed by atoms with Gasteiger partial charge < -0.3 is 14.2 Å². The maximum absolute atomic E-state index is 12.7. The highest BCUT2D eigenvalue weighted by Gasteiger charge is 2.19. The Hall–Kier alpha value is -2.11. The Morgan fingerprint density at radius 2 is 0.532 bits per heavy atom. The van der Waals surface area contributed by atoms with Crippen molar-refractivity contribution in [3.05, 3.63) is 24.3 Å². The number of hydrogen-bond acceptors (Lipinski definition) is 6. The molecule has 0 rings (SSSR count). The summed E-state index contributed by atoms with van der Waals surface area (Å²) in [5.74, 6) is -0.878. The molecule has 0 aromatic heterocycles. The highest BCUT2D eigenvalue weighted by atomic mass is 16.6. The molecule has 364 valence electrons. The lowest BCUT2D eigenvalue weighted by atomic mass is 10.0. The van der Waals surface area contributed by atoms with E-state index in [0.717, 1.165) is 64.2 Å². The van der Waals surface area contributed by atoms with Crippen LogP contribution in [0, 0.1) is 0 Å². The minimum atomic E-state index is -0.769. The van der Waals surface area contributed by atoms with E-state index >= 15 is 0 Å². The van der Waals surface area contributed by atoms with Crippen molar-refractivity contribution >= 4 is 17.9 Å². The molecule has 0 saturated heterocycles. The third kappa shape index (κ3) is 48.9. The van der Waals surface area contributed by atoms with Crippen LogP contribution in [0.5, 0.6) is 0 Å². The first kappa shape index (κ1) is 59.9. The van der Waals surface area contributed by atoms with E-state index in [1.165, 1.54) is 193 Å². The Labute approximate surface area is 385 Å². The molecule has 0 aliphatic carbocycles. The quantitative estimate of drug-likeness (QED) is 0.0262. The van der Waals surface area contributed by atoms with Crippen LogP contribution in [0.15, 0.2) is 24.3 Å². The van der Waals surface area contributed by atoms with Crippen LogP contribution >= 0.6 is 0 Å². The van der Waals surface area contributed by atoms with Crippen LogP contribution in [0.1, 0.15) is 297 Å². The topological polar surface area (TPSA) is 78.9 Å². The van der Waals surface area contributed by atoms with Gasteiger partial charge in [0, 0.05) is 19.3 Å². The maximum Gasteiger partial charge on any atom is 0.306 e. The fourth-order valence-corrected chi connectivity index (χ4v) is 8.02. The second-order valence-corrected chi connectivity index (χ2v) is 18.5. The Morgan fingerprint density at radius 1 is 0.306 bits per heavy atom. The van der Waals surface area contributed by atoms with E-state index in [4.69, 9.17) is 14.2 Å². The Morgan fingerprint density at radius 3 is 0.806 bits per heavy atom. The first-order valence-electron chi connectivity index (χ1n) is 27.3. The smallest absolute Gasteiger partial charge is 0.306 e. The van der Waals surface area contributed by atoms with Crippen molar-refractivity contribution in [1.29, 1.82) is 0 Å². The molecule has 0 saturated carbocycles. The summed E-state index contributed by atoms with van der Waals surface area (Å²) in [6.07, 6.45) is 59.1. The zero-order chi connectivity index (χ0) is 45.1. The van der Waals surface area contributed by atoms with Gasteiger partial charge in [-0.25, -0.2) is 0 Å². The second-order valence-electron chi connectivity index (χ2n) is 18.5. The largest absolute Gasteiger partial charge is 0.462 e. The molecule has 0 radical (unpaired) electrons. The highest BCUT2D eigenvalue weighted by molar-refractivity contribution is 5.71. The van der Waals surface area contributed by atoms with Crippen LogP contribution in [0.4, 0.5) is 0 Å². The van der Waals surface area contributed by atoms with Gasteiger partial charge in [-0.1, -0.05) is 231 Å². The monoisotopic (exact) mass is 873 g/mol. The van der Waals surface area contributed by atoms with Crippen LogP contribution in [-0.4, -0.2) is 37.2 Å². The van der Waals surface area contributed by atoms with E-state index in [2.05, 4.69) is 45.1 Å². The van der Waals surface area contributed by atoms with Crippen molar-refractivity contribution in [3.8, 4) is 0 Å². The van der Waals surface area contributed by atoms with E-state index < -0.39 is 6.10 Å². The number of allylic oxidation sites excluding steroid dienone is 4. The fourth-order valence-electron chi connectivity index (χ4n) is 8.02. The first-order valence-corrected chi connectivity index (χ1v) is 27.3. The van der Waals surface area contributed by atoms with Gasteiger partial charge in [0.2, 0.25) is 0 Å².